The largest absolute Gasteiger partial charge is 0.416 e. The van der Waals surface area contributed by atoms with E-state index in [9.17, 15) is 21.6 Å². The molecule has 0 amide bonds. The van der Waals surface area contributed by atoms with Crippen LogP contribution in [0.15, 0.2) is 29.2 Å². The summed E-state index contributed by atoms with van der Waals surface area (Å²) in [5, 5.41) is 0. The number of rotatable bonds is 3. The predicted octanol–water partition coefficient (Wildman–Crippen LogP) is 2.85. The summed E-state index contributed by atoms with van der Waals surface area (Å²) in [6.07, 6.45) is -4.48. The zero-order valence-electron chi connectivity index (χ0n) is 11.5. The van der Waals surface area contributed by atoms with Gasteiger partial charge in [-0.1, -0.05) is 20.8 Å². The molecule has 0 aliphatic heterocycles. The molecule has 0 heterocycles. The summed E-state index contributed by atoms with van der Waals surface area (Å²) in [4.78, 5) is -0.148. The van der Waals surface area contributed by atoms with Crippen LogP contribution in [0.5, 0.6) is 0 Å². The Labute approximate surface area is 116 Å². The maximum absolute atomic E-state index is 12.4. The molecule has 1 rings (SSSR count). The molecule has 3 nitrogen and oxygen atoms in total. The van der Waals surface area contributed by atoms with E-state index in [0.29, 0.717) is 0 Å². The Kier molecular flexibility index (Phi) is 4.55. The number of alkyl halides is 3. The number of sulfone groups is 1. The fourth-order valence-electron chi connectivity index (χ4n) is 1.43. The van der Waals surface area contributed by atoms with Gasteiger partial charge in [-0.15, -0.1) is 0 Å². The van der Waals surface area contributed by atoms with Crippen LogP contribution in [0.2, 0.25) is 0 Å². The first-order valence-electron chi connectivity index (χ1n) is 5.99. The summed E-state index contributed by atoms with van der Waals surface area (Å²) in [5.74, 6) is -0.304. The minimum atomic E-state index is -4.48. The van der Waals surface area contributed by atoms with E-state index in [-0.39, 0.29) is 10.6 Å². The maximum Gasteiger partial charge on any atom is 0.416 e. The molecule has 1 atom stereocenters. The summed E-state index contributed by atoms with van der Waals surface area (Å²) in [6, 6.07) is 2.85. The van der Waals surface area contributed by atoms with Gasteiger partial charge in [-0.25, -0.2) is 8.42 Å². The zero-order chi connectivity index (χ0) is 15.8. The molecule has 2 N–H and O–H groups in total. The van der Waals surface area contributed by atoms with Crippen molar-refractivity contribution in [3.8, 4) is 0 Å². The summed E-state index contributed by atoms with van der Waals surface area (Å²) < 4.78 is 61.4. The SMILES string of the molecule is CC(C)(C)C(N)CS(=O)(=O)c1ccc(C(F)(F)F)cc1. The second kappa shape index (κ2) is 5.37. The maximum atomic E-state index is 12.4. The number of benzene rings is 1. The molecule has 114 valence electrons. The van der Waals surface area contributed by atoms with Gasteiger partial charge in [-0.2, -0.15) is 13.2 Å². The minimum absolute atomic E-state index is 0.148. The molecule has 0 radical (unpaired) electrons. The van der Waals surface area contributed by atoms with Crippen molar-refractivity contribution in [3.05, 3.63) is 29.8 Å². The van der Waals surface area contributed by atoms with Gasteiger partial charge in [0.05, 0.1) is 16.2 Å². The van der Waals surface area contributed by atoms with E-state index in [2.05, 4.69) is 0 Å². The molecule has 1 unspecified atom stereocenters. The van der Waals surface area contributed by atoms with Crippen LogP contribution in [0.3, 0.4) is 0 Å². The van der Waals surface area contributed by atoms with Crippen molar-refractivity contribution in [2.75, 3.05) is 5.75 Å². The molecule has 0 fully saturated rings. The van der Waals surface area contributed by atoms with Gasteiger partial charge >= 0.3 is 6.18 Å². The second-order valence-corrected chi connectivity index (χ2v) is 7.81. The molecule has 1 aromatic carbocycles. The van der Waals surface area contributed by atoms with Crippen LogP contribution in [0.1, 0.15) is 26.3 Å². The number of nitrogens with two attached hydrogens (primary N) is 1. The van der Waals surface area contributed by atoms with E-state index < -0.39 is 33.0 Å². The van der Waals surface area contributed by atoms with E-state index in [1.54, 1.807) is 20.8 Å². The summed E-state index contributed by atoms with van der Waals surface area (Å²) >= 11 is 0. The van der Waals surface area contributed by atoms with E-state index in [0.717, 1.165) is 24.3 Å². The summed E-state index contributed by atoms with van der Waals surface area (Å²) in [5.41, 5.74) is 4.53. The Morgan fingerprint density at radius 2 is 1.55 bits per heavy atom. The van der Waals surface area contributed by atoms with Gasteiger partial charge in [0.1, 0.15) is 0 Å². The smallest absolute Gasteiger partial charge is 0.326 e. The van der Waals surface area contributed by atoms with Crippen LogP contribution in [0.4, 0.5) is 13.2 Å². The lowest BCUT2D eigenvalue weighted by Crippen LogP contribution is -2.41. The lowest BCUT2D eigenvalue weighted by molar-refractivity contribution is -0.137. The predicted molar refractivity (Wildman–Crippen MR) is 70.9 cm³/mol. The Morgan fingerprint density at radius 1 is 1.10 bits per heavy atom. The fraction of sp³-hybridized carbons (Fsp3) is 0.538. The highest BCUT2D eigenvalue weighted by Crippen LogP contribution is 2.30. The first kappa shape index (κ1) is 17.0. The Balaban J connectivity index is 3.00. The van der Waals surface area contributed by atoms with Crippen molar-refractivity contribution in [2.45, 2.75) is 37.9 Å². The summed E-state index contributed by atoms with van der Waals surface area (Å²) in [7, 11) is -3.70. The molecule has 7 heteroatoms. The molecule has 0 aliphatic carbocycles. The lowest BCUT2D eigenvalue weighted by atomic mass is 9.89. The van der Waals surface area contributed by atoms with Crippen LogP contribution < -0.4 is 5.73 Å². The van der Waals surface area contributed by atoms with Crippen molar-refractivity contribution in [3.63, 3.8) is 0 Å². The van der Waals surface area contributed by atoms with Crippen molar-refractivity contribution < 1.29 is 21.6 Å². The molecule has 1 aromatic rings. The monoisotopic (exact) mass is 309 g/mol. The average molecular weight is 309 g/mol. The van der Waals surface area contributed by atoms with Gasteiger partial charge in [0.15, 0.2) is 9.84 Å². The first-order valence-corrected chi connectivity index (χ1v) is 7.65. The third-order valence-corrected chi connectivity index (χ3v) is 4.84. The molecule has 0 aliphatic rings. The zero-order valence-corrected chi connectivity index (χ0v) is 12.3. The van der Waals surface area contributed by atoms with Gasteiger partial charge in [-0.05, 0) is 29.7 Å². The first-order chi connectivity index (χ1) is 8.84. The van der Waals surface area contributed by atoms with E-state index in [1.165, 1.54) is 0 Å². The highest BCUT2D eigenvalue weighted by Gasteiger charge is 2.31. The molecular formula is C13H18F3NO2S. The second-order valence-electron chi connectivity index (χ2n) is 5.78. The summed E-state index contributed by atoms with van der Waals surface area (Å²) in [6.45, 7) is 5.42. The standard InChI is InChI=1S/C13H18F3NO2S/c1-12(2,3)11(17)8-20(18,19)10-6-4-9(5-7-10)13(14,15)16/h4-7,11H,8,17H2,1-3H3. The topological polar surface area (TPSA) is 60.2 Å². The van der Waals surface area contributed by atoms with Crippen molar-refractivity contribution in [1.29, 1.82) is 0 Å². The van der Waals surface area contributed by atoms with E-state index >= 15 is 0 Å². The van der Waals surface area contributed by atoms with Crippen molar-refractivity contribution in [2.24, 2.45) is 11.1 Å². The van der Waals surface area contributed by atoms with Crippen LogP contribution in [0.25, 0.3) is 0 Å². The van der Waals surface area contributed by atoms with E-state index in [4.69, 9.17) is 5.73 Å². The fourth-order valence-corrected chi connectivity index (χ4v) is 3.15. The molecule has 0 saturated carbocycles. The average Bonchev–Trinajstić information content (AvgIpc) is 2.26. The highest BCUT2D eigenvalue weighted by atomic mass is 32.2. The van der Waals surface area contributed by atoms with Crippen molar-refractivity contribution >= 4 is 9.84 Å². The highest BCUT2D eigenvalue weighted by molar-refractivity contribution is 7.91. The van der Waals surface area contributed by atoms with Crippen LogP contribution in [-0.2, 0) is 16.0 Å². The van der Waals surface area contributed by atoms with Gasteiger partial charge in [0.25, 0.3) is 0 Å². The third kappa shape index (κ3) is 4.21. The van der Waals surface area contributed by atoms with Gasteiger partial charge < -0.3 is 5.73 Å². The van der Waals surface area contributed by atoms with Gasteiger partial charge in [0, 0.05) is 6.04 Å². The molecule has 20 heavy (non-hydrogen) atoms. The normalized spacial score (nSPS) is 15.2. The quantitative estimate of drug-likeness (QED) is 0.934. The Bertz CT molecular complexity index is 557. The van der Waals surface area contributed by atoms with Crippen molar-refractivity contribution in [1.82, 2.24) is 0 Å². The van der Waals surface area contributed by atoms with Gasteiger partial charge in [0.2, 0.25) is 0 Å². The third-order valence-electron chi connectivity index (χ3n) is 3.05. The number of hydrogen-bond donors (Lipinski definition) is 1. The molecule has 0 bridgehead atoms. The number of hydrogen-bond acceptors (Lipinski definition) is 3. The number of halogens is 3. The van der Waals surface area contributed by atoms with Crippen LogP contribution >= 0.6 is 0 Å². The van der Waals surface area contributed by atoms with E-state index in [1.807, 2.05) is 0 Å². The minimum Gasteiger partial charge on any atom is -0.326 e. The molecule has 0 saturated heterocycles. The molecule has 0 aromatic heterocycles. The van der Waals surface area contributed by atoms with Crippen LogP contribution in [-0.4, -0.2) is 20.2 Å². The Morgan fingerprint density at radius 3 is 1.90 bits per heavy atom. The van der Waals surface area contributed by atoms with Crippen LogP contribution in [0, 0.1) is 5.41 Å². The molecular weight excluding hydrogens is 291 g/mol. The lowest BCUT2D eigenvalue weighted by Gasteiger charge is -2.26. The Hall–Kier alpha value is -1.08. The molecule has 0 spiro atoms. The van der Waals surface area contributed by atoms with Gasteiger partial charge in [-0.3, -0.25) is 0 Å².